The van der Waals surface area contributed by atoms with E-state index in [0.717, 1.165) is 23.9 Å². The van der Waals surface area contributed by atoms with Gasteiger partial charge in [-0.1, -0.05) is 19.1 Å². The summed E-state index contributed by atoms with van der Waals surface area (Å²) in [7, 11) is 0. The first-order valence-electron chi connectivity index (χ1n) is 5.81. The number of hydrogen-bond acceptors (Lipinski definition) is 2. The molecule has 0 aliphatic heterocycles. The first-order valence-corrected chi connectivity index (χ1v) is 5.81. The van der Waals surface area contributed by atoms with Gasteiger partial charge >= 0.3 is 0 Å². The van der Waals surface area contributed by atoms with E-state index in [0.29, 0.717) is 18.2 Å². The average molecular weight is 214 g/mol. The number of benzene rings is 1. The van der Waals surface area contributed by atoms with E-state index < -0.39 is 0 Å². The molecule has 0 bridgehead atoms. The second-order valence-electron chi connectivity index (χ2n) is 4.31. The molecule has 1 aliphatic rings. The van der Waals surface area contributed by atoms with Crippen LogP contribution in [0, 0.1) is 0 Å². The predicted octanol–water partition coefficient (Wildman–Crippen LogP) is 2.29. The normalized spacial score (nSPS) is 15.6. The lowest BCUT2D eigenvalue weighted by molar-refractivity contribution is 0.718. The molecular formula is C13H14N2O. The van der Waals surface area contributed by atoms with E-state index in [-0.39, 0.29) is 5.56 Å². The molecule has 16 heavy (non-hydrogen) atoms. The molecular weight excluding hydrogens is 200 g/mol. The van der Waals surface area contributed by atoms with E-state index in [4.69, 9.17) is 0 Å². The Kier molecular flexibility index (Phi) is 2.06. The Balaban J connectivity index is 2.41. The minimum absolute atomic E-state index is 0.101. The Morgan fingerprint density at radius 1 is 1.38 bits per heavy atom. The quantitative estimate of drug-likeness (QED) is 0.768. The molecule has 1 saturated carbocycles. The predicted molar refractivity (Wildman–Crippen MR) is 63.7 cm³/mol. The summed E-state index contributed by atoms with van der Waals surface area (Å²) in [5, 5.41) is 0. The summed E-state index contributed by atoms with van der Waals surface area (Å²) in [6.45, 7) is 1.98. The van der Waals surface area contributed by atoms with Gasteiger partial charge in [0.05, 0.1) is 11.0 Å². The molecule has 0 radical (unpaired) electrons. The molecule has 0 unspecified atom stereocenters. The van der Waals surface area contributed by atoms with Crippen molar-refractivity contribution in [1.82, 2.24) is 9.55 Å². The molecule has 1 heterocycles. The molecule has 3 rings (SSSR count). The SMILES string of the molecule is CCc1nc2ccccc2n(C2CC2)c1=O. The summed E-state index contributed by atoms with van der Waals surface area (Å²) in [5.74, 6) is 0. The molecule has 1 aliphatic carbocycles. The van der Waals surface area contributed by atoms with E-state index >= 15 is 0 Å². The van der Waals surface area contributed by atoms with Crippen molar-refractivity contribution in [3.8, 4) is 0 Å². The molecule has 1 aromatic carbocycles. The van der Waals surface area contributed by atoms with Gasteiger partial charge in [-0.3, -0.25) is 4.79 Å². The van der Waals surface area contributed by atoms with Crippen molar-refractivity contribution in [2.24, 2.45) is 0 Å². The van der Waals surface area contributed by atoms with Gasteiger partial charge in [-0.2, -0.15) is 0 Å². The fourth-order valence-corrected chi connectivity index (χ4v) is 2.13. The second kappa shape index (κ2) is 3.44. The van der Waals surface area contributed by atoms with E-state index in [1.165, 1.54) is 0 Å². The fourth-order valence-electron chi connectivity index (χ4n) is 2.13. The monoisotopic (exact) mass is 214 g/mol. The molecule has 3 nitrogen and oxygen atoms in total. The number of nitrogens with zero attached hydrogens (tertiary/aromatic N) is 2. The summed E-state index contributed by atoms with van der Waals surface area (Å²) in [6.07, 6.45) is 2.95. The van der Waals surface area contributed by atoms with Gasteiger partial charge < -0.3 is 4.57 Å². The van der Waals surface area contributed by atoms with E-state index in [2.05, 4.69) is 4.98 Å². The van der Waals surface area contributed by atoms with Crippen LogP contribution in [0.25, 0.3) is 11.0 Å². The van der Waals surface area contributed by atoms with Crippen molar-refractivity contribution in [3.05, 3.63) is 40.3 Å². The van der Waals surface area contributed by atoms with Gasteiger partial charge in [0.2, 0.25) is 0 Å². The number of para-hydroxylation sites is 2. The highest BCUT2D eigenvalue weighted by molar-refractivity contribution is 5.74. The zero-order valence-corrected chi connectivity index (χ0v) is 9.31. The van der Waals surface area contributed by atoms with Gasteiger partial charge in [0.1, 0.15) is 5.69 Å². The van der Waals surface area contributed by atoms with Gasteiger partial charge in [0, 0.05) is 6.04 Å². The van der Waals surface area contributed by atoms with Crippen molar-refractivity contribution in [3.63, 3.8) is 0 Å². The Morgan fingerprint density at radius 3 is 2.81 bits per heavy atom. The highest BCUT2D eigenvalue weighted by atomic mass is 16.1. The van der Waals surface area contributed by atoms with Gasteiger partial charge in [0.25, 0.3) is 5.56 Å². The second-order valence-corrected chi connectivity index (χ2v) is 4.31. The maximum atomic E-state index is 12.2. The molecule has 0 atom stereocenters. The zero-order valence-electron chi connectivity index (χ0n) is 9.31. The van der Waals surface area contributed by atoms with Gasteiger partial charge in [0.15, 0.2) is 0 Å². The molecule has 3 heteroatoms. The molecule has 2 aromatic rings. The summed E-state index contributed by atoms with van der Waals surface area (Å²) in [5.41, 5.74) is 2.70. The average Bonchev–Trinajstić information content (AvgIpc) is 3.12. The topological polar surface area (TPSA) is 34.9 Å². The lowest BCUT2D eigenvalue weighted by Gasteiger charge is -2.10. The largest absolute Gasteiger partial charge is 0.302 e. The smallest absolute Gasteiger partial charge is 0.272 e. The van der Waals surface area contributed by atoms with Crippen LogP contribution in [0.15, 0.2) is 29.1 Å². The molecule has 0 N–H and O–H groups in total. The van der Waals surface area contributed by atoms with Crippen LogP contribution in [0.3, 0.4) is 0 Å². The van der Waals surface area contributed by atoms with E-state index in [1.807, 2.05) is 35.8 Å². The number of hydrogen-bond donors (Lipinski definition) is 0. The van der Waals surface area contributed by atoms with E-state index in [1.54, 1.807) is 0 Å². The Labute approximate surface area is 93.7 Å². The van der Waals surface area contributed by atoms with Crippen molar-refractivity contribution in [2.45, 2.75) is 32.2 Å². The number of aryl methyl sites for hydroxylation is 1. The molecule has 82 valence electrons. The zero-order chi connectivity index (χ0) is 11.1. The first-order chi connectivity index (χ1) is 7.81. The molecule has 0 saturated heterocycles. The van der Waals surface area contributed by atoms with Crippen LogP contribution >= 0.6 is 0 Å². The Bertz CT molecular complexity index is 596. The lowest BCUT2D eigenvalue weighted by Crippen LogP contribution is -2.24. The third-order valence-corrected chi connectivity index (χ3v) is 3.11. The van der Waals surface area contributed by atoms with Gasteiger partial charge in [-0.25, -0.2) is 4.98 Å². The lowest BCUT2D eigenvalue weighted by atomic mass is 10.2. The number of aromatic nitrogens is 2. The highest BCUT2D eigenvalue weighted by Crippen LogP contribution is 2.35. The van der Waals surface area contributed by atoms with E-state index in [9.17, 15) is 4.79 Å². The van der Waals surface area contributed by atoms with Crippen LogP contribution in [-0.2, 0) is 6.42 Å². The van der Waals surface area contributed by atoms with Crippen LogP contribution in [-0.4, -0.2) is 9.55 Å². The Hall–Kier alpha value is -1.64. The van der Waals surface area contributed by atoms with Crippen LogP contribution in [0.4, 0.5) is 0 Å². The standard InChI is InChI=1S/C13H14N2O/c1-2-10-13(16)15(9-7-8-9)12-6-4-3-5-11(12)14-10/h3-6,9H,2,7-8H2,1H3. The Morgan fingerprint density at radius 2 is 2.12 bits per heavy atom. The molecule has 1 aromatic heterocycles. The maximum Gasteiger partial charge on any atom is 0.272 e. The summed E-state index contributed by atoms with van der Waals surface area (Å²) < 4.78 is 1.93. The minimum Gasteiger partial charge on any atom is -0.302 e. The van der Waals surface area contributed by atoms with Crippen molar-refractivity contribution in [2.75, 3.05) is 0 Å². The highest BCUT2D eigenvalue weighted by Gasteiger charge is 2.27. The van der Waals surface area contributed by atoms with Crippen LogP contribution in [0.5, 0.6) is 0 Å². The summed E-state index contributed by atoms with van der Waals surface area (Å²) in [4.78, 5) is 16.6. The summed E-state index contributed by atoms with van der Waals surface area (Å²) in [6, 6.07) is 8.31. The minimum atomic E-state index is 0.101. The molecule has 0 amide bonds. The fraction of sp³-hybridized carbons (Fsp3) is 0.385. The number of rotatable bonds is 2. The van der Waals surface area contributed by atoms with Crippen molar-refractivity contribution < 1.29 is 0 Å². The van der Waals surface area contributed by atoms with Crippen LogP contribution < -0.4 is 5.56 Å². The summed E-state index contributed by atoms with van der Waals surface area (Å²) >= 11 is 0. The third-order valence-electron chi connectivity index (χ3n) is 3.11. The number of fused-ring (bicyclic) bond motifs is 1. The molecule has 0 spiro atoms. The van der Waals surface area contributed by atoms with Gasteiger partial charge in [-0.15, -0.1) is 0 Å². The van der Waals surface area contributed by atoms with Gasteiger partial charge in [-0.05, 0) is 31.4 Å². The van der Waals surface area contributed by atoms with Crippen LogP contribution in [0.1, 0.15) is 31.5 Å². The third kappa shape index (κ3) is 1.35. The molecule has 1 fully saturated rings. The first kappa shape index (κ1) is 9.58. The maximum absolute atomic E-state index is 12.2. The van der Waals surface area contributed by atoms with Crippen molar-refractivity contribution in [1.29, 1.82) is 0 Å². The van der Waals surface area contributed by atoms with Crippen LogP contribution in [0.2, 0.25) is 0 Å². The van der Waals surface area contributed by atoms with Crippen molar-refractivity contribution >= 4 is 11.0 Å².